The van der Waals surface area contributed by atoms with Crippen LogP contribution in [0, 0.1) is 0 Å². The van der Waals surface area contributed by atoms with Crippen molar-refractivity contribution in [1.82, 2.24) is 4.98 Å². The second-order valence-electron chi connectivity index (χ2n) is 4.95. The van der Waals surface area contributed by atoms with Crippen LogP contribution in [0.5, 0.6) is 0 Å². The summed E-state index contributed by atoms with van der Waals surface area (Å²) in [5, 5.41) is 1.19. The zero-order chi connectivity index (χ0) is 12.4. The summed E-state index contributed by atoms with van der Waals surface area (Å²) in [6.07, 6.45) is 3.91. The number of anilines is 1. The Morgan fingerprint density at radius 3 is 2.61 bits per heavy atom. The van der Waals surface area contributed by atoms with Gasteiger partial charge in [-0.2, -0.15) is 0 Å². The van der Waals surface area contributed by atoms with Gasteiger partial charge in [-0.1, -0.05) is 12.1 Å². The van der Waals surface area contributed by atoms with Crippen LogP contribution in [0.4, 0.5) is 5.82 Å². The van der Waals surface area contributed by atoms with E-state index in [1.165, 1.54) is 24.6 Å². The number of nitrogens with two attached hydrogens (primary N) is 1. The van der Waals surface area contributed by atoms with Gasteiger partial charge in [0.25, 0.3) is 0 Å². The number of hydrogen-bond donors (Lipinski definition) is 1. The molecule has 2 heterocycles. The number of rotatable bonds is 2. The smallest absolute Gasteiger partial charge is 0.129 e. The summed E-state index contributed by atoms with van der Waals surface area (Å²) in [5.41, 5.74) is 7.88. The van der Waals surface area contributed by atoms with E-state index in [1.807, 2.05) is 0 Å². The van der Waals surface area contributed by atoms with Crippen molar-refractivity contribution in [2.24, 2.45) is 5.73 Å². The predicted molar refractivity (Wildman–Crippen MR) is 75.7 cm³/mol. The number of piperidine rings is 1. The van der Waals surface area contributed by atoms with E-state index in [9.17, 15) is 0 Å². The lowest BCUT2D eigenvalue weighted by Gasteiger charge is -2.27. The highest BCUT2D eigenvalue weighted by Gasteiger charge is 2.12. The Hall–Kier alpha value is -1.61. The fourth-order valence-corrected chi connectivity index (χ4v) is 2.58. The van der Waals surface area contributed by atoms with Crippen molar-refractivity contribution in [3.05, 3.63) is 35.9 Å². The minimum atomic E-state index is 0.575. The van der Waals surface area contributed by atoms with Gasteiger partial charge in [-0.05, 0) is 43.0 Å². The summed E-state index contributed by atoms with van der Waals surface area (Å²) < 4.78 is 0. The van der Waals surface area contributed by atoms with Gasteiger partial charge in [-0.3, -0.25) is 0 Å². The first-order chi connectivity index (χ1) is 8.86. The summed E-state index contributed by atoms with van der Waals surface area (Å²) in [5.74, 6) is 1.11. The third kappa shape index (κ3) is 2.18. The van der Waals surface area contributed by atoms with Gasteiger partial charge in [0, 0.05) is 25.0 Å². The Kier molecular flexibility index (Phi) is 3.15. The molecule has 2 aromatic rings. The Bertz CT molecular complexity index is 544. The average Bonchev–Trinajstić information content (AvgIpc) is 2.47. The van der Waals surface area contributed by atoms with E-state index in [0.717, 1.165) is 30.0 Å². The van der Waals surface area contributed by atoms with Gasteiger partial charge >= 0.3 is 0 Å². The lowest BCUT2D eigenvalue weighted by atomic mass is 10.1. The molecule has 18 heavy (non-hydrogen) atoms. The van der Waals surface area contributed by atoms with Crippen molar-refractivity contribution in [2.45, 2.75) is 25.8 Å². The first-order valence-corrected chi connectivity index (χ1v) is 6.71. The molecule has 2 N–H and O–H groups in total. The van der Waals surface area contributed by atoms with Crippen molar-refractivity contribution >= 4 is 16.7 Å². The number of benzene rings is 1. The molecule has 1 fully saturated rings. The molecule has 3 rings (SSSR count). The SMILES string of the molecule is NCc1ccc2ccc(N3CCCCC3)nc2c1. The van der Waals surface area contributed by atoms with Crippen LogP contribution in [0.2, 0.25) is 0 Å². The zero-order valence-corrected chi connectivity index (χ0v) is 10.6. The fourth-order valence-electron chi connectivity index (χ4n) is 2.58. The van der Waals surface area contributed by atoms with Gasteiger partial charge in [-0.15, -0.1) is 0 Å². The maximum absolute atomic E-state index is 5.68. The van der Waals surface area contributed by atoms with Gasteiger partial charge in [0.15, 0.2) is 0 Å². The number of aromatic nitrogens is 1. The third-order valence-corrected chi connectivity index (χ3v) is 3.66. The molecule has 0 saturated carbocycles. The Morgan fingerprint density at radius 2 is 1.83 bits per heavy atom. The molecule has 0 bridgehead atoms. The van der Waals surface area contributed by atoms with Crippen LogP contribution >= 0.6 is 0 Å². The molecule has 94 valence electrons. The maximum atomic E-state index is 5.68. The number of pyridine rings is 1. The second-order valence-corrected chi connectivity index (χ2v) is 4.95. The van der Waals surface area contributed by atoms with Crippen LogP contribution in [0.3, 0.4) is 0 Å². The summed E-state index contributed by atoms with van der Waals surface area (Å²) in [6.45, 7) is 2.84. The van der Waals surface area contributed by atoms with Crippen molar-refractivity contribution in [2.75, 3.05) is 18.0 Å². The molecule has 0 radical (unpaired) electrons. The molecule has 3 nitrogen and oxygen atoms in total. The molecule has 0 atom stereocenters. The van der Waals surface area contributed by atoms with Crippen LogP contribution in [-0.4, -0.2) is 18.1 Å². The average molecular weight is 241 g/mol. The van der Waals surface area contributed by atoms with Crippen molar-refractivity contribution in [3.8, 4) is 0 Å². The van der Waals surface area contributed by atoms with E-state index in [2.05, 4.69) is 35.2 Å². The van der Waals surface area contributed by atoms with E-state index in [4.69, 9.17) is 10.7 Å². The van der Waals surface area contributed by atoms with E-state index < -0.39 is 0 Å². The fraction of sp³-hybridized carbons (Fsp3) is 0.400. The topological polar surface area (TPSA) is 42.1 Å². The van der Waals surface area contributed by atoms with Crippen molar-refractivity contribution in [1.29, 1.82) is 0 Å². The summed E-state index contributed by atoms with van der Waals surface area (Å²) in [4.78, 5) is 7.16. The normalized spacial score (nSPS) is 16.2. The molecule has 1 aromatic heterocycles. The molecule has 0 unspecified atom stereocenters. The summed E-state index contributed by atoms with van der Waals surface area (Å²) in [6, 6.07) is 10.6. The highest BCUT2D eigenvalue weighted by molar-refractivity contribution is 5.81. The van der Waals surface area contributed by atoms with Crippen molar-refractivity contribution < 1.29 is 0 Å². The summed E-state index contributed by atoms with van der Waals surface area (Å²) in [7, 11) is 0. The monoisotopic (exact) mass is 241 g/mol. The minimum Gasteiger partial charge on any atom is -0.357 e. The van der Waals surface area contributed by atoms with E-state index in [0.29, 0.717) is 6.54 Å². The minimum absolute atomic E-state index is 0.575. The lowest BCUT2D eigenvalue weighted by molar-refractivity contribution is 0.574. The Balaban J connectivity index is 1.97. The maximum Gasteiger partial charge on any atom is 0.129 e. The number of hydrogen-bond acceptors (Lipinski definition) is 3. The highest BCUT2D eigenvalue weighted by atomic mass is 15.2. The predicted octanol–water partition coefficient (Wildman–Crippen LogP) is 2.68. The molecule has 0 amide bonds. The summed E-state index contributed by atoms with van der Waals surface area (Å²) >= 11 is 0. The first-order valence-electron chi connectivity index (χ1n) is 6.71. The largest absolute Gasteiger partial charge is 0.357 e. The molecule has 0 spiro atoms. The third-order valence-electron chi connectivity index (χ3n) is 3.66. The first kappa shape index (κ1) is 11.5. The van der Waals surface area contributed by atoms with Gasteiger partial charge in [-0.25, -0.2) is 4.98 Å². The Morgan fingerprint density at radius 1 is 1.06 bits per heavy atom. The van der Waals surface area contributed by atoms with Crippen LogP contribution in [0.15, 0.2) is 30.3 Å². The molecule has 1 aliphatic heterocycles. The van der Waals surface area contributed by atoms with Gasteiger partial charge in [0.05, 0.1) is 5.52 Å². The molecule has 3 heteroatoms. The van der Waals surface area contributed by atoms with Crippen molar-refractivity contribution in [3.63, 3.8) is 0 Å². The molecule has 1 aromatic carbocycles. The van der Waals surface area contributed by atoms with E-state index in [1.54, 1.807) is 0 Å². The lowest BCUT2D eigenvalue weighted by Crippen LogP contribution is -2.30. The quantitative estimate of drug-likeness (QED) is 0.879. The van der Waals surface area contributed by atoms with Gasteiger partial charge in [0.1, 0.15) is 5.82 Å². The van der Waals surface area contributed by atoms with E-state index >= 15 is 0 Å². The van der Waals surface area contributed by atoms with Crippen LogP contribution in [-0.2, 0) is 6.54 Å². The van der Waals surface area contributed by atoms with E-state index in [-0.39, 0.29) is 0 Å². The molecular formula is C15H19N3. The molecule has 1 saturated heterocycles. The van der Waals surface area contributed by atoms with Crippen LogP contribution < -0.4 is 10.6 Å². The highest BCUT2D eigenvalue weighted by Crippen LogP contribution is 2.22. The van der Waals surface area contributed by atoms with Crippen LogP contribution in [0.1, 0.15) is 24.8 Å². The van der Waals surface area contributed by atoms with Gasteiger partial charge < -0.3 is 10.6 Å². The molecule has 1 aliphatic rings. The number of nitrogens with zero attached hydrogens (tertiary/aromatic N) is 2. The zero-order valence-electron chi connectivity index (χ0n) is 10.6. The van der Waals surface area contributed by atoms with Crippen LogP contribution in [0.25, 0.3) is 10.9 Å². The molecular weight excluding hydrogens is 222 g/mol. The second kappa shape index (κ2) is 4.94. The standard InChI is InChI=1S/C15H19N3/c16-11-12-4-5-13-6-7-15(17-14(13)10-12)18-8-2-1-3-9-18/h4-7,10H,1-3,8-9,11,16H2. The number of fused-ring (bicyclic) bond motifs is 1. The van der Waals surface area contributed by atoms with Gasteiger partial charge in [0.2, 0.25) is 0 Å². The Labute approximate surface area is 108 Å². The molecule has 0 aliphatic carbocycles.